The van der Waals surface area contributed by atoms with Gasteiger partial charge < -0.3 is 19.8 Å². The van der Waals surface area contributed by atoms with Crippen LogP contribution in [0.25, 0.3) is 0 Å². The number of phenolic OH excluding ortho intramolecular Hbond substituents is 1. The number of ketones is 1. The minimum absolute atomic E-state index is 0.00157. The largest absolute Gasteiger partial charge is 0.507 e. The first-order valence-corrected chi connectivity index (χ1v) is 11.4. The van der Waals surface area contributed by atoms with Gasteiger partial charge in [-0.2, -0.15) is 0 Å². The molecule has 0 atom stereocenters. The molecule has 2 aromatic rings. The van der Waals surface area contributed by atoms with E-state index in [0.717, 1.165) is 5.56 Å². The Bertz CT molecular complexity index is 1130. The number of nitrogens with zero attached hydrogens (tertiary/aromatic N) is 1. The number of carbonyl (C=O) groups excluding carboxylic acids is 1. The topological polar surface area (TPSA) is 111 Å². The number of hydrogen-bond donors (Lipinski definition) is 3. The second-order valence-electron chi connectivity index (χ2n) is 10.8. The molecule has 3 N–H and O–H groups in total. The lowest BCUT2D eigenvalue weighted by molar-refractivity contribution is 0.0692. The summed E-state index contributed by atoms with van der Waals surface area (Å²) in [5.41, 5.74) is 2.41. The van der Waals surface area contributed by atoms with E-state index in [9.17, 15) is 19.8 Å². The Hall–Kier alpha value is -3.35. The fraction of sp³-hybridized carbons (Fsp3) is 0.444. The third-order valence-corrected chi connectivity index (χ3v) is 6.05. The minimum atomic E-state index is -1.12. The molecule has 1 aliphatic rings. The molecule has 7 nitrogen and oxygen atoms in total. The number of benzene rings is 2. The molecule has 0 saturated carbocycles. The smallest absolute Gasteiger partial charge is 0.339 e. The first-order valence-electron chi connectivity index (χ1n) is 11.4. The summed E-state index contributed by atoms with van der Waals surface area (Å²) < 4.78 is 5.49. The Morgan fingerprint density at radius 2 is 1.59 bits per heavy atom. The summed E-state index contributed by atoms with van der Waals surface area (Å²) in [4.78, 5) is 26.7. The minimum Gasteiger partial charge on any atom is -0.507 e. The maximum absolute atomic E-state index is 13.4. The van der Waals surface area contributed by atoms with Gasteiger partial charge in [0, 0.05) is 28.8 Å². The maximum atomic E-state index is 13.4. The first kappa shape index (κ1) is 25.3. The van der Waals surface area contributed by atoms with Gasteiger partial charge >= 0.3 is 5.97 Å². The second kappa shape index (κ2) is 8.78. The predicted octanol–water partition coefficient (Wildman–Crippen LogP) is 5.11. The van der Waals surface area contributed by atoms with E-state index in [1.54, 1.807) is 30.0 Å². The molecule has 3 rings (SSSR count). The molecule has 0 unspecified atom stereocenters. The van der Waals surface area contributed by atoms with E-state index in [1.165, 1.54) is 6.07 Å². The van der Waals surface area contributed by atoms with Gasteiger partial charge in [0.25, 0.3) is 0 Å². The van der Waals surface area contributed by atoms with Crippen LogP contribution in [0.4, 0.5) is 0 Å². The van der Waals surface area contributed by atoms with Crippen LogP contribution < -0.4 is 4.74 Å². The number of hydrogen-bond acceptors (Lipinski definition) is 5. The third kappa shape index (κ3) is 4.79. The Labute approximate surface area is 200 Å². The summed E-state index contributed by atoms with van der Waals surface area (Å²) in [5.74, 6) is -0.709. The summed E-state index contributed by atoms with van der Waals surface area (Å²) in [6.45, 7) is 14.3. The van der Waals surface area contributed by atoms with Gasteiger partial charge in [-0.3, -0.25) is 10.2 Å². The van der Waals surface area contributed by atoms with Crippen molar-refractivity contribution in [3.05, 3.63) is 57.6 Å². The first-order chi connectivity index (χ1) is 15.6. The fourth-order valence-corrected chi connectivity index (χ4v) is 4.21. The van der Waals surface area contributed by atoms with Crippen LogP contribution >= 0.6 is 0 Å². The average Bonchev–Trinajstić information content (AvgIpc) is 3.00. The summed E-state index contributed by atoms with van der Waals surface area (Å²) in [6, 6.07) is 6.59. The number of Topliss-reactive ketones (excluding diaryl/α,β-unsaturated/α-hetero) is 1. The van der Waals surface area contributed by atoms with Gasteiger partial charge in [-0.15, -0.1) is 0 Å². The Morgan fingerprint density at radius 3 is 2.06 bits per heavy atom. The summed E-state index contributed by atoms with van der Waals surface area (Å²) >= 11 is 0. The van der Waals surface area contributed by atoms with Gasteiger partial charge in [0.15, 0.2) is 5.78 Å². The number of aromatic hydroxyl groups is 1. The van der Waals surface area contributed by atoms with Gasteiger partial charge in [0.2, 0.25) is 0 Å². The quantitative estimate of drug-likeness (QED) is 0.510. The molecule has 2 aromatic carbocycles. The molecular weight excluding hydrogens is 432 g/mol. The lowest BCUT2D eigenvalue weighted by Crippen LogP contribution is -2.30. The summed E-state index contributed by atoms with van der Waals surface area (Å²) in [6.07, 6.45) is 0. The van der Waals surface area contributed by atoms with E-state index in [0.29, 0.717) is 35.4 Å². The zero-order chi connectivity index (χ0) is 25.6. The van der Waals surface area contributed by atoms with Crippen LogP contribution in [0, 0.1) is 5.41 Å². The highest BCUT2D eigenvalue weighted by atomic mass is 16.5. The van der Waals surface area contributed by atoms with Crippen molar-refractivity contribution in [1.29, 1.82) is 5.41 Å². The van der Waals surface area contributed by atoms with Gasteiger partial charge in [0.05, 0.1) is 13.2 Å². The number of nitrogens with one attached hydrogen (secondary N) is 1. The number of carboxylic acids is 1. The number of carbonyl (C=O) groups is 2. The molecule has 34 heavy (non-hydrogen) atoms. The molecule has 1 heterocycles. The zero-order valence-electron chi connectivity index (χ0n) is 21.0. The molecule has 182 valence electrons. The Kier molecular flexibility index (Phi) is 6.53. The maximum Gasteiger partial charge on any atom is 0.339 e. The van der Waals surface area contributed by atoms with Gasteiger partial charge in [-0.05, 0) is 47.6 Å². The Morgan fingerprint density at radius 1 is 1.03 bits per heavy atom. The highest BCUT2D eigenvalue weighted by Gasteiger charge is 2.31. The van der Waals surface area contributed by atoms with Crippen LogP contribution in [0.15, 0.2) is 24.3 Å². The van der Waals surface area contributed by atoms with Crippen LogP contribution in [0.3, 0.4) is 0 Å². The molecule has 0 bridgehead atoms. The normalized spacial score (nSPS) is 13.7. The number of amidine groups is 1. The molecule has 0 aromatic heterocycles. The molecule has 0 amide bonds. The van der Waals surface area contributed by atoms with E-state index < -0.39 is 5.97 Å². The third-order valence-electron chi connectivity index (χ3n) is 6.05. The molecule has 0 radical (unpaired) electrons. The second-order valence-corrected chi connectivity index (χ2v) is 10.8. The van der Waals surface area contributed by atoms with Crippen LogP contribution in [0.5, 0.6) is 11.5 Å². The van der Waals surface area contributed by atoms with Crippen molar-refractivity contribution in [3.63, 3.8) is 0 Å². The van der Waals surface area contributed by atoms with Gasteiger partial charge in [-0.1, -0.05) is 41.5 Å². The number of rotatable bonds is 6. The summed E-state index contributed by atoms with van der Waals surface area (Å²) in [5, 5.41) is 29.0. The average molecular weight is 467 g/mol. The monoisotopic (exact) mass is 466 g/mol. The zero-order valence-corrected chi connectivity index (χ0v) is 21.0. The van der Waals surface area contributed by atoms with E-state index >= 15 is 0 Å². The number of ether oxygens (including phenoxy) is 1. The lowest BCUT2D eigenvalue weighted by Gasteiger charge is -2.28. The van der Waals surface area contributed by atoms with Crippen LogP contribution in [-0.4, -0.2) is 45.9 Å². The fourth-order valence-electron chi connectivity index (χ4n) is 4.21. The molecular formula is C27H34N2O5. The van der Waals surface area contributed by atoms with Crippen molar-refractivity contribution >= 4 is 17.6 Å². The number of fused-ring (bicyclic) bond motifs is 1. The highest BCUT2D eigenvalue weighted by Crippen LogP contribution is 2.40. The number of phenols is 1. The van der Waals surface area contributed by atoms with Gasteiger partial charge in [-0.25, -0.2) is 4.79 Å². The van der Waals surface area contributed by atoms with Crippen molar-refractivity contribution in [1.82, 2.24) is 4.90 Å². The summed E-state index contributed by atoms with van der Waals surface area (Å²) in [7, 11) is 0. The standard InChI is InChI=1S/C27H34N2O5/c1-8-34-22-11-16-13-29(24(28)17(16)12-18(22)25(32)33)14-21(30)15-9-19(26(2,3)4)23(31)20(10-15)27(5,6)7/h9-12,28,31H,8,13-14H2,1-7H3,(H,32,33). The lowest BCUT2D eigenvalue weighted by atomic mass is 9.78. The van der Waals surface area contributed by atoms with E-state index in [-0.39, 0.29) is 46.1 Å². The molecule has 0 saturated heterocycles. The van der Waals surface area contributed by atoms with Gasteiger partial charge in [0.1, 0.15) is 22.9 Å². The SMILES string of the molecule is CCOc1cc2c(cc1C(=O)O)C(=N)N(CC(=O)c1cc(C(C)(C)C)c(O)c(C(C)(C)C)c1)C2. The van der Waals surface area contributed by atoms with Crippen LogP contribution in [0.2, 0.25) is 0 Å². The predicted molar refractivity (Wildman–Crippen MR) is 132 cm³/mol. The Balaban J connectivity index is 1.95. The van der Waals surface area contributed by atoms with Crippen molar-refractivity contribution in [3.8, 4) is 11.5 Å². The van der Waals surface area contributed by atoms with E-state index in [1.807, 2.05) is 41.5 Å². The van der Waals surface area contributed by atoms with Crippen molar-refractivity contribution in [2.24, 2.45) is 0 Å². The van der Waals surface area contributed by atoms with Crippen molar-refractivity contribution in [2.45, 2.75) is 65.8 Å². The number of carboxylic acid groups (broad SMARTS) is 1. The molecule has 0 spiro atoms. The molecule has 0 fully saturated rings. The van der Waals surface area contributed by atoms with E-state index in [2.05, 4.69) is 0 Å². The molecule has 1 aliphatic heterocycles. The van der Waals surface area contributed by atoms with Crippen molar-refractivity contribution < 1.29 is 24.5 Å². The van der Waals surface area contributed by atoms with Crippen LogP contribution in [0.1, 0.15) is 91.4 Å². The number of aromatic carboxylic acids is 1. The van der Waals surface area contributed by atoms with Crippen molar-refractivity contribution in [2.75, 3.05) is 13.2 Å². The van der Waals surface area contributed by atoms with E-state index in [4.69, 9.17) is 10.1 Å². The molecule has 0 aliphatic carbocycles. The molecule has 7 heteroatoms. The highest BCUT2D eigenvalue weighted by molar-refractivity contribution is 6.07. The van der Waals surface area contributed by atoms with Crippen LogP contribution in [-0.2, 0) is 17.4 Å².